The van der Waals surface area contributed by atoms with E-state index >= 15 is 0 Å². The van der Waals surface area contributed by atoms with E-state index in [1.807, 2.05) is 22.6 Å². The highest BCUT2D eigenvalue weighted by molar-refractivity contribution is 7.23. The zero-order chi connectivity index (χ0) is 15.8. The fourth-order valence-corrected chi connectivity index (χ4v) is 3.39. The number of hydrogen-bond donors (Lipinski definition) is 1. The molecular formula is C16H12N4O2S. The molecule has 0 saturated heterocycles. The number of benzene rings is 1. The first kappa shape index (κ1) is 13.7. The van der Waals surface area contributed by atoms with Gasteiger partial charge in [-0.1, -0.05) is 11.3 Å². The zero-order valence-corrected chi connectivity index (χ0v) is 13.0. The van der Waals surface area contributed by atoms with Crippen LogP contribution in [-0.2, 0) is 0 Å². The van der Waals surface area contributed by atoms with E-state index in [0.717, 1.165) is 20.9 Å². The Morgan fingerprint density at radius 2 is 2.26 bits per heavy atom. The van der Waals surface area contributed by atoms with Crippen LogP contribution in [0.4, 0.5) is 5.69 Å². The van der Waals surface area contributed by atoms with Crippen molar-refractivity contribution >= 4 is 38.1 Å². The minimum Gasteiger partial charge on any atom is -0.497 e. The summed E-state index contributed by atoms with van der Waals surface area (Å²) in [5.74, 6) is 0.548. The molecule has 0 aliphatic rings. The molecule has 0 saturated carbocycles. The number of fused-ring (bicyclic) bond motifs is 3. The second kappa shape index (κ2) is 5.36. The van der Waals surface area contributed by atoms with Gasteiger partial charge in [0.05, 0.1) is 29.2 Å². The van der Waals surface area contributed by atoms with Crippen LogP contribution >= 0.6 is 11.3 Å². The Labute approximate surface area is 135 Å². The summed E-state index contributed by atoms with van der Waals surface area (Å²) >= 11 is 1.52. The highest BCUT2D eigenvalue weighted by Crippen LogP contribution is 2.29. The molecule has 23 heavy (non-hydrogen) atoms. The molecule has 0 aliphatic carbocycles. The summed E-state index contributed by atoms with van der Waals surface area (Å²) in [6.07, 6.45) is 4.99. The molecule has 0 aliphatic heterocycles. The predicted octanol–water partition coefficient (Wildman–Crippen LogP) is 3.20. The number of ether oxygens (including phenoxy) is 1. The topological polar surface area (TPSA) is 68.5 Å². The van der Waals surface area contributed by atoms with Gasteiger partial charge in [-0.15, -0.1) is 0 Å². The zero-order valence-electron chi connectivity index (χ0n) is 12.2. The number of thiazole rings is 1. The van der Waals surface area contributed by atoms with Crippen LogP contribution in [-0.4, -0.2) is 27.4 Å². The first-order valence-electron chi connectivity index (χ1n) is 6.91. The van der Waals surface area contributed by atoms with Crippen LogP contribution in [0.3, 0.4) is 0 Å². The fraction of sp³-hybridized carbons (Fsp3) is 0.0625. The van der Waals surface area contributed by atoms with Gasteiger partial charge in [-0.25, -0.2) is 4.98 Å². The van der Waals surface area contributed by atoms with E-state index < -0.39 is 0 Å². The lowest BCUT2D eigenvalue weighted by molar-refractivity contribution is 0.102. The van der Waals surface area contributed by atoms with Crippen LogP contribution in [0.5, 0.6) is 5.75 Å². The maximum atomic E-state index is 12.3. The Morgan fingerprint density at radius 1 is 1.35 bits per heavy atom. The second-order valence-corrected chi connectivity index (χ2v) is 5.92. The van der Waals surface area contributed by atoms with E-state index in [1.165, 1.54) is 11.3 Å². The normalized spacial score (nSPS) is 11.0. The Morgan fingerprint density at radius 3 is 3.04 bits per heavy atom. The van der Waals surface area contributed by atoms with Crippen LogP contribution in [0, 0.1) is 0 Å². The van der Waals surface area contributed by atoms with Crippen molar-refractivity contribution in [2.75, 3.05) is 12.4 Å². The molecule has 1 amide bonds. The maximum absolute atomic E-state index is 12.3. The summed E-state index contributed by atoms with van der Waals surface area (Å²) < 4.78 is 8.21. The van der Waals surface area contributed by atoms with Gasteiger partial charge < -0.3 is 10.1 Å². The van der Waals surface area contributed by atoms with E-state index in [9.17, 15) is 4.79 Å². The van der Waals surface area contributed by atoms with Gasteiger partial charge in [0.25, 0.3) is 5.91 Å². The van der Waals surface area contributed by atoms with Gasteiger partial charge in [-0.05, 0) is 30.3 Å². The number of anilines is 1. The van der Waals surface area contributed by atoms with E-state index in [-0.39, 0.29) is 5.91 Å². The number of nitrogens with one attached hydrogen (secondary N) is 1. The minimum atomic E-state index is -0.254. The van der Waals surface area contributed by atoms with Crippen LogP contribution in [0.15, 0.2) is 48.9 Å². The smallest absolute Gasteiger partial charge is 0.275 e. The number of carbonyl (C=O) groups is 1. The highest BCUT2D eigenvalue weighted by Gasteiger charge is 2.14. The Hall–Kier alpha value is -2.93. The SMILES string of the molecule is COc1ccc2c(c1)sc1nc(C(=O)Nc3cccnc3)cn12. The first-order valence-corrected chi connectivity index (χ1v) is 7.73. The molecule has 0 spiro atoms. The van der Waals surface area contributed by atoms with E-state index in [4.69, 9.17) is 4.74 Å². The molecule has 0 fully saturated rings. The lowest BCUT2D eigenvalue weighted by Crippen LogP contribution is -2.12. The van der Waals surface area contributed by atoms with Crippen LogP contribution in [0.1, 0.15) is 10.5 Å². The quantitative estimate of drug-likeness (QED) is 0.628. The summed E-state index contributed by atoms with van der Waals surface area (Å²) in [4.78, 5) is 21.4. The molecule has 0 atom stereocenters. The van der Waals surface area contributed by atoms with Gasteiger partial charge in [-0.3, -0.25) is 14.2 Å². The van der Waals surface area contributed by atoms with Gasteiger partial charge in [-0.2, -0.15) is 0 Å². The molecular weight excluding hydrogens is 312 g/mol. The predicted molar refractivity (Wildman–Crippen MR) is 89.3 cm³/mol. The van der Waals surface area contributed by atoms with Crippen molar-refractivity contribution in [2.24, 2.45) is 0 Å². The molecule has 3 heterocycles. The van der Waals surface area contributed by atoms with Crippen molar-refractivity contribution in [2.45, 2.75) is 0 Å². The highest BCUT2D eigenvalue weighted by atomic mass is 32.1. The number of aromatic nitrogens is 3. The summed E-state index contributed by atoms with van der Waals surface area (Å²) in [6, 6.07) is 9.36. The number of pyridine rings is 1. The average Bonchev–Trinajstić information content (AvgIpc) is 3.12. The van der Waals surface area contributed by atoms with Crippen LogP contribution < -0.4 is 10.1 Å². The Balaban J connectivity index is 1.70. The van der Waals surface area contributed by atoms with Gasteiger partial charge >= 0.3 is 0 Å². The fourth-order valence-electron chi connectivity index (χ4n) is 2.35. The van der Waals surface area contributed by atoms with Gasteiger partial charge in [0.2, 0.25) is 0 Å². The molecule has 7 heteroatoms. The summed E-state index contributed by atoms with van der Waals surface area (Å²) in [5.41, 5.74) is 2.01. The number of methoxy groups -OCH3 is 1. The summed E-state index contributed by atoms with van der Waals surface area (Å²) in [5, 5.41) is 2.78. The largest absolute Gasteiger partial charge is 0.497 e. The Kier molecular flexibility index (Phi) is 3.20. The van der Waals surface area contributed by atoms with Crippen molar-refractivity contribution in [1.29, 1.82) is 0 Å². The third-order valence-electron chi connectivity index (χ3n) is 3.45. The molecule has 0 unspecified atom stereocenters. The number of hydrogen-bond acceptors (Lipinski definition) is 5. The number of rotatable bonds is 3. The molecule has 3 aromatic heterocycles. The molecule has 114 valence electrons. The third kappa shape index (κ3) is 2.40. The summed E-state index contributed by atoms with van der Waals surface area (Å²) in [6.45, 7) is 0. The second-order valence-electron chi connectivity index (χ2n) is 4.91. The van der Waals surface area contributed by atoms with Gasteiger partial charge in [0.15, 0.2) is 4.96 Å². The van der Waals surface area contributed by atoms with E-state index in [1.54, 1.807) is 37.8 Å². The third-order valence-corrected chi connectivity index (χ3v) is 4.47. The average molecular weight is 324 g/mol. The van der Waals surface area contributed by atoms with Gasteiger partial charge in [0, 0.05) is 12.4 Å². The Bertz CT molecular complexity index is 1010. The molecule has 1 aromatic carbocycles. The lowest BCUT2D eigenvalue weighted by atomic mass is 10.3. The van der Waals surface area contributed by atoms with Crippen molar-refractivity contribution in [3.63, 3.8) is 0 Å². The number of nitrogens with zero attached hydrogens (tertiary/aromatic N) is 3. The maximum Gasteiger partial charge on any atom is 0.275 e. The first-order chi connectivity index (χ1) is 11.2. The van der Waals surface area contributed by atoms with E-state index in [2.05, 4.69) is 15.3 Å². The van der Waals surface area contributed by atoms with Crippen molar-refractivity contribution in [3.05, 3.63) is 54.6 Å². The molecule has 1 N–H and O–H groups in total. The standard InChI is InChI=1S/C16H12N4O2S/c1-22-11-4-5-13-14(7-11)23-16-19-12(9-20(13)16)15(21)18-10-3-2-6-17-8-10/h2-9H,1H3,(H,18,21). The van der Waals surface area contributed by atoms with Crippen molar-refractivity contribution < 1.29 is 9.53 Å². The molecule has 4 aromatic rings. The molecule has 0 radical (unpaired) electrons. The van der Waals surface area contributed by atoms with Crippen molar-refractivity contribution in [1.82, 2.24) is 14.4 Å². The van der Waals surface area contributed by atoms with E-state index in [0.29, 0.717) is 11.4 Å². The summed E-state index contributed by atoms with van der Waals surface area (Å²) in [7, 11) is 1.64. The molecule has 6 nitrogen and oxygen atoms in total. The number of amides is 1. The number of carbonyl (C=O) groups excluding carboxylic acids is 1. The van der Waals surface area contributed by atoms with Crippen molar-refractivity contribution in [3.8, 4) is 5.75 Å². The minimum absolute atomic E-state index is 0.254. The number of imidazole rings is 1. The van der Waals surface area contributed by atoms with Crippen LogP contribution in [0.2, 0.25) is 0 Å². The monoisotopic (exact) mass is 324 g/mol. The van der Waals surface area contributed by atoms with Gasteiger partial charge in [0.1, 0.15) is 11.4 Å². The lowest BCUT2D eigenvalue weighted by Gasteiger charge is -2.01. The molecule has 0 bridgehead atoms. The van der Waals surface area contributed by atoms with Crippen LogP contribution in [0.25, 0.3) is 15.2 Å². The molecule has 4 rings (SSSR count).